The predicted molar refractivity (Wildman–Crippen MR) is 49.7 cm³/mol. The Balaban J connectivity index is 2.76. The molecular weight excluding hydrogens is 174 g/mol. The lowest BCUT2D eigenvalue weighted by molar-refractivity contribution is 0.190. The Morgan fingerprint density at radius 3 is 2.50 bits per heavy atom. The van der Waals surface area contributed by atoms with E-state index < -0.39 is 6.23 Å². The van der Waals surface area contributed by atoms with Crippen LogP contribution >= 0.6 is 11.8 Å². The number of hydrogen-bond donors (Lipinski definition) is 2. The normalized spacial score (nSPS) is 27.8. The number of carbonyl (C=O) groups excluding carboxylic acids is 1. The molecule has 0 aliphatic carbocycles. The maximum absolute atomic E-state index is 10.8. The summed E-state index contributed by atoms with van der Waals surface area (Å²) in [5.41, 5.74) is -0.00435. The van der Waals surface area contributed by atoms with Crippen molar-refractivity contribution in [3.8, 4) is 0 Å². The Kier molecular flexibility index (Phi) is 2.49. The van der Waals surface area contributed by atoms with E-state index in [1.54, 1.807) is 0 Å². The van der Waals surface area contributed by atoms with Crippen LogP contribution in [-0.4, -0.2) is 16.6 Å². The fourth-order valence-electron chi connectivity index (χ4n) is 0.910. The number of aliphatic hydroxyl groups excluding tert-OH is 1. The zero-order chi connectivity index (χ0) is 9.35. The van der Waals surface area contributed by atoms with Crippen molar-refractivity contribution < 1.29 is 9.90 Å². The third-order valence-electron chi connectivity index (χ3n) is 1.31. The van der Waals surface area contributed by atoms with Gasteiger partial charge in [-0.3, -0.25) is 4.79 Å². The molecule has 1 heterocycles. The Labute approximate surface area is 76.2 Å². The van der Waals surface area contributed by atoms with E-state index in [9.17, 15) is 9.90 Å². The van der Waals surface area contributed by atoms with Crippen LogP contribution in [-0.2, 0) is 0 Å². The van der Waals surface area contributed by atoms with Gasteiger partial charge in [-0.15, -0.1) is 0 Å². The van der Waals surface area contributed by atoms with Gasteiger partial charge in [0.2, 0.25) is 0 Å². The van der Waals surface area contributed by atoms with Gasteiger partial charge in [0.1, 0.15) is 0 Å². The molecule has 0 saturated carbocycles. The molecular formula is C8H13NO2S. The third-order valence-corrected chi connectivity index (χ3v) is 2.19. The van der Waals surface area contributed by atoms with Crippen molar-refractivity contribution in [2.45, 2.75) is 27.0 Å². The number of hydrogen-bond acceptors (Lipinski definition) is 3. The molecule has 2 N–H and O–H groups in total. The molecule has 0 aromatic carbocycles. The first-order chi connectivity index (χ1) is 5.38. The standard InChI is InChI=1S/C8H13NO2S/c1-8(2,3)4-5-6(10)9-7(11)12-5/h4,6,10H,1-3H3,(H,9,11)/b5-4+. The molecule has 0 bridgehead atoms. The Morgan fingerprint density at radius 1 is 1.58 bits per heavy atom. The second kappa shape index (κ2) is 3.11. The van der Waals surface area contributed by atoms with Gasteiger partial charge in [-0.2, -0.15) is 0 Å². The first-order valence-electron chi connectivity index (χ1n) is 3.78. The van der Waals surface area contributed by atoms with Gasteiger partial charge in [0.15, 0.2) is 6.23 Å². The van der Waals surface area contributed by atoms with E-state index in [1.807, 2.05) is 26.8 Å². The molecule has 1 aliphatic rings. The summed E-state index contributed by atoms with van der Waals surface area (Å²) in [4.78, 5) is 11.5. The lowest BCUT2D eigenvalue weighted by Gasteiger charge is -2.13. The monoisotopic (exact) mass is 187 g/mol. The topological polar surface area (TPSA) is 49.3 Å². The average Bonchev–Trinajstić information content (AvgIpc) is 2.06. The zero-order valence-electron chi connectivity index (χ0n) is 7.42. The summed E-state index contributed by atoms with van der Waals surface area (Å²) < 4.78 is 0. The van der Waals surface area contributed by atoms with Crippen LogP contribution in [0.4, 0.5) is 4.79 Å². The predicted octanol–water partition coefficient (Wildman–Crippen LogP) is 1.69. The van der Waals surface area contributed by atoms with Crippen LogP contribution in [0, 0.1) is 5.41 Å². The van der Waals surface area contributed by atoms with Gasteiger partial charge in [-0.1, -0.05) is 26.8 Å². The van der Waals surface area contributed by atoms with Crippen LogP contribution < -0.4 is 5.32 Å². The van der Waals surface area contributed by atoms with Crippen molar-refractivity contribution in [3.63, 3.8) is 0 Å². The molecule has 4 heteroatoms. The van der Waals surface area contributed by atoms with Crippen LogP contribution in [0.3, 0.4) is 0 Å². The molecule has 0 spiro atoms. The lowest BCUT2D eigenvalue weighted by atomic mass is 9.96. The molecule has 1 amide bonds. The van der Waals surface area contributed by atoms with Crippen LogP contribution in [0.25, 0.3) is 0 Å². The van der Waals surface area contributed by atoms with Gasteiger partial charge in [0, 0.05) is 4.91 Å². The van der Waals surface area contributed by atoms with Gasteiger partial charge in [0.25, 0.3) is 5.24 Å². The minimum Gasteiger partial charge on any atom is -0.369 e. The minimum absolute atomic E-state index is 0.00435. The smallest absolute Gasteiger partial charge is 0.285 e. The first-order valence-corrected chi connectivity index (χ1v) is 4.59. The van der Waals surface area contributed by atoms with Crippen molar-refractivity contribution >= 4 is 17.0 Å². The van der Waals surface area contributed by atoms with E-state index in [4.69, 9.17) is 0 Å². The van der Waals surface area contributed by atoms with Crippen LogP contribution in [0.15, 0.2) is 11.0 Å². The van der Waals surface area contributed by atoms with Crippen molar-refractivity contribution in [2.75, 3.05) is 0 Å². The van der Waals surface area contributed by atoms with Gasteiger partial charge in [-0.05, 0) is 17.2 Å². The van der Waals surface area contributed by atoms with E-state index in [1.165, 1.54) is 0 Å². The van der Waals surface area contributed by atoms with Crippen molar-refractivity contribution in [2.24, 2.45) is 5.41 Å². The molecule has 1 aliphatic heterocycles. The first kappa shape index (κ1) is 9.61. The number of aliphatic hydroxyl groups is 1. The van der Waals surface area contributed by atoms with Gasteiger partial charge in [0.05, 0.1) is 0 Å². The largest absolute Gasteiger partial charge is 0.369 e. The van der Waals surface area contributed by atoms with Crippen molar-refractivity contribution in [1.82, 2.24) is 5.32 Å². The molecule has 1 unspecified atom stereocenters. The average molecular weight is 187 g/mol. The number of amides is 1. The summed E-state index contributed by atoms with van der Waals surface area (Å²) in [6, 6.07) is 0. The summed E-state index contributed by atoms with van der Waals surface area (Å²) in [5.74, 6) is 0. The molecule has 0 aromatic rings. The fourth-order valence-corrected chi connectivity index (χ4v) is 1.88. The summed E-state index contributed by atoms with van der Waals surface area (Å²) in [6.07, 6.45) is 1.10. The van der Waals surface area contributed by atoms with E-state index in [-0.39, 0.29) is 10.7 Å². The molecule has 1 rings (SSSR count). The Bertz CT molecular complexity index is 230. The number of thioether (sulfide) groups is 1. The highest BCUT2D eigenvalue weighted by molar-refractivity contribution is 8.17. The number of nitrogens with one attached hydrogen (secondary N) is 1. The van der Waals surface area contributed by atoms with Crippen LogP contribution in [0.5, 0.6) is 0 Å². The molecule has 0 radical (unpaired) electrons. The minimum atomic E-state index is -0.804. The molecule has 0 aromatic heterocycles. The second-order valence-corrected chi connectivity index (χ2v) is 4.90. The summed E-state index contributed by atoms with van der Waals surface area (Å²) >= 11 is 1.06. The lowest BCUT2D eigenvalue weighted by Crippen LogP contribution is -2.24. The maximum Gasteiger partial charge on any atom is 0.285 e. The van der Waals surface area contributed by atoms with Crippen molar-refractivity contribution in [3.05, 3.63) is 11.0 Å². The molecule has 1 saturated heterocycles. The third kappa shape index (κ3) is 2.53. The van der Waals surface area contributed by atoms with E-state index >= 15 is 0 Å². The van der Waals surface area contributed by atoms with Gasteiger partial charge in [-0.25, -0.2) is 0 Å². The zero-order valence-corrected chi connectivity index (χ0v) is 8.23. The molecule has 12 heavy (non-hydrogen) atoms. The number of rotatable bonds is 0. The highest BCUT2D eigenvalue weighted by Crippen LogP contribution is 2.30. The fraction of sp³-hybridized carbons (Fsp3) is 0.625. The second-order valence-electron chi connectivity index (χ2n) is 3.85. The van der Waals surface area contributed by atoms with Gasteiger partial charge < -0.3 is 10.4 Å². The summed E-state index contributed by atoms with van der Waals surface area (Å²) in [7, 11) is 0. The van der Waals surface area contributed by atoms with E-state index in [0.717, 1.165) is 11.8 Å². The Morgan fingerprint density at radius 2 is 2.17 bits per heavy atom. The number of allylic oxidation sites excluding steroid dienone is 1. The Hall–Kier alpha value is -0.480. The van der Waals surface area contributed by atoms with E-state index in [2.05, 4.69) is 5.32 Å². The molecule has 3 nitrogen and oxygen atoms in total. The molecule has 1 atom stereocenters. The number of carbonyl (C=O) groups is 1. The summed E-state index contributed by atoms with van der Waals surface area (Å²) in [6.45, 7) is 6.07. The highest BCUT2D eigenvalue weighted by Gasteiger charge is 2.26. The summed E-state index contributed by atoms with van der Waals surface area (Å²) in [5, 5.41) is 11.5. The maximum atomic E-state index is 10.8. The molecule has 1 fully saturated rings. The van der Waals surface area contributed by atoms with Crippen molar-refractivity contribution in [1.29, 1.82) is 0 Å². The van der Waals surface area contributed by atoms with E-state index in [0.29, 0.717) is 4.91 Å². The van der Waals surface area contributed by atoms with Gasteiger partial charge >= 0.3 is 0 Å². The molecule has 68 valence electrons. The van der Waals surface area contributed by atoms with Crippen LogP contribution in [0.2, 0.25) is 0 Å². The SMILES string of the molecule is CC(C)(C)/C=C1/SC(=O)NC1O. The van der Waals surface area contributed by atoms with Crippen LogP contribution in [0.1, 0.15) is 20.8 Å². The quantitative estimate of drug-likeness (QED) is 0.606. The highest BCUT2D eigenvalue weighted by atomic mass is 32.2.